The average molecular weight is 264 g/mol. The zero-order valence-corrected chi connectivity index (χ0v) is 12.7. The second kappa shape index (κ2) is 6.56. The van der Waals surface area contributed by atoms with E-state index in [2.05, 4.69) is 31.1 Å². The van der Waals surface area contributed by atoms with Gasteiger partial charge in [0.2, 0.25) is 0 Å². The second-order valence-corrected chi connectivity index (χ2v) is 6.45. The first-order valence-electron chi connectivity index (χ1n) is 7.79. The van der Waals surface area contributed by atoms with Gasteiger partial charge >= 0.3 is 0 Å². The van der Waals surface area contributed by atoms with Gasteiger partial charge in [-0.1, -0.05) is 40.0 Å². The van der Waals surface area contributed by atoms with Crippen molar-refractivity contribution in [3.05, 3.63) is 17.8 Å². The van der Waals surface area contributed by atoms with Gasteiger partial charge in [-0.3, -0.25) is 0 Å². The van der Waals surface area contributed by atoms with Gasteiger partial charge in [-0.05, 0) is 25.8 Å². The molecule has 1 fully saturated rings. The van der Waals surface area contributed by atoms with Crippen molar-refractivity contribution in [2.75, 3.05) is 6.54 Å². The molecule has 1 aromatic heterocycles. The van der Waals surface area contributed by atoms with Crippen LogP contribution in [0.1, 0.15) is 70.9 Å². The molecule has 0 unspecified atom stereocenters. The third-order valence-electron chi connectivity index (χ3n) is 4.23. The molecule has 1 N–H and O–H groups in total. The summed E-state index contributed by atoms with van der Waals surface area (Å²) < 4.78 is 5.99. The van der Waals surface area contributed by atoms with Gasteiger partial charge in [-0.25, -0.2) is 4.98 Å². The fourth-order valence-electron chi connectivity index (χ4n) is 2.91. The van der Waals surface area contributed by atoms with E-state index < -0.39 is 0 Å². The highest BCUT2D eigenvalue weighted by molar-refractivity contribution is 5.11. The summed E-state index contributed by atoms with van der Waals surface area (Å²) in [5, 5.41) is 3.42. The maximum absolute atomic E-state index is 5.99. The minimum Gasteiger partial charge on any atom is -0.445 e. The van der Waals surface area contributed by atoms with Crippen molar-refractivity contribution in [3.63, 3.8) is 0 Å². The van der Waals surface area contributed by atoms with E-state index >= 15 is 0 Å². The highest BCUT2D eigenvalue weighted by Gasteiger charge is 2.32. The van der Waals surface area contributed by atoms with Crippen LogP contribution in [0.2, 0.25) is 0 Å². The summed E-state index contributed by atoms with van der Waals surface area (Å²) in [6.07, 6.45) is 10.5. The molecule has 1 aliphatic rings. The highest BCUT2D eigenvalue weighted by Crippen LogP contribution is 2.39. The first-order chi connectivity index (χ1) is 9.10. The van der Waals surface area contributed by atoms with E-state index in [1.807, 2.05) is 6.20 Å². The lowest BCUT2D eigenvalue weighted by Gasteiger charge is -2.30. The molecule has 0 saturated heterocycles. The lowest BCUT2D eigenvalue weighted by molar-refractivity contribution is 0.260. The Morgan fingerprint density at radius 3 is 2.74 bits per heavy atom. The summed E-state index contributed by atoms with van der Waals surface area (Å²) in [4.78, 5) is 4.46. The Morgan fingerprint density at radius 1 is 1.32 bits per heavy atom. The number of nitrogens with zero attached hydrogens (tertiary/aromatic N) is 1. The Labute approximate surface area is 117 Å². The van der Waals surface area contributed by atoms with Crippen molar-refractivity contribution in [2.45, 2.75) is 77.2 Å². The minimum atomic E-state index is 0.236. The second-order valence-electron chi connectivity index (χ2n) is 6.45. The van der Waals surface area contributed by atoms with E-state index in [0.29, 0.717) is 6.04 Å². The van der Waals surface area contributed by atoms with Crippen LogP contribution in [0.15, 0.2) is 10.6 Å². The molecule has 1 aromatic rings. The lowest BCUT2D eigenvalue weighted by atomic mass is 9.74. The monoisotopic (exact) mass is 264 g/mol. The summed E-state index contributed by atoms with van der Waals surface area (Å²) in [6, 6.07) is 0.557. The Kier molecular flexibility index (Phi) is 5.03. The van der Waals surface area contributed by atoms with Gasteiger partial charge in [-0.15, -0.1) is 0 Å². The van der Waals surface area contributed by atoms with Gasteiger partial charge in [0, 0.05) is 17.9 Å². The molecule has 0 aromatic carbocycles. The van der Waals surface area contributed by atoms with Crippen LogP contribution in [0, 0.1) is 0 Å². The van der Waals surface area contributed by atoms with Crippen molar-refractivity contribution >= 4 is 0 Å². The summed E-state index contributed by atoms with van der Waals surface area (Å²) in [5.74, 6) is 2.02. The van der Waals surface area contributed by atoms with Gasteiger partial charge in [0.1, 0.15) is 5.76 Å². The molecule has 108 valence electrons. The number of nitrogens with one attached hydrogen (secondary N) is 1. The van der Waals surface area contributed by atoms with E-state index in [0.717, 1.165) is 31.0 Å². The van der Waals surface area contributed by atoms with E-state index in [1.54, 1.807) is 0 Å². The predicted molar refractivity (Wildman–Crippen MR) is 78.4 cm³/mol. The van der Waals surface area contributed by atoms with E-state index in [9.17, 15) is 0 Å². The summed E-state index contributed by atoms with van der Waals surface area (Å²) >= 11 is 0. The predicted octanol–water partition coefficient (Wildman–Crippen LogP) is 3.83. The number of rotatable bonds is 6. The molecular weight excluding hydrogens is 236 g/mol. The van der Waals surface area contributed by atoms with Crippen LogP contribution in [-0.2, 0) is 11.8 Å². The summed E-state index contributed by atoms with van der Waals surface area (Å²) in [5.41, 5.74) is 0.236. The van der Waals surface area contributed by atoms with Crippen molar-refractivity contribution in [2.24, 2.45) is 0 Å². The Hall–Kier alpha value is -0.830. The average Bonchev–Trinajstić information content (AvgIpc) is 2.85. The van der Waals surface area contributed by atoms with E-state index in [4.69, 9.17) is 4.42 Å². The van der Waals surface area contributed by atoms with E-state index in [-0.39, 0.29) is 5.41 Å². The third-order valence-corrected chi connectivity index (χ3v) is 4.23. The molecule has 3 nitrogen and oxygen atoms in total. The molecule has 0 spiro atoms. The molecule has 1 saturated carbocycles. The van der Waals surface area contributed by atoms with Gasteiger partial charge in [0.15, 0.2) is 5.89 Å². The van der Waals surface area contributed by atoms with Crippen LogP contribution in [0.3, 0.4) is 0 Å². The van der Waals surface area contributed by atoms with Crippen molar-refractivity contribution in [1.29, 1.82) is 0 Å². The number of oxazole rings is 1. The van der Waals surface area contributed by atoms with Crippen molar-refractivity contribution in [1.82, 2.24) is 10.3 Å². The third kappa shape index (κ3) is 4.07. The maximum Gasteiger partial charge on any atom is 0.194 e. The van der Waals surface area contributed by atoms with Crippen molar-refractivity contribution < 1.29 is 4.42 Å². The normalized spacial score (nSPS) is 18.9. The quantitative estimate of drug-likeness (QED) is 0.794. The molecule has 0 aliphatic heterocycles. The molecule has 2 rings (SSSR count). The Bertz CT molecular complexity index is 378. The van der Waals surface area contributed by atoms with Crippen LogP contribution < -0.4 is 5.32 Å². The molecule has 0 atom stereocenters. The molecule has 19 heavy (non-hydrogen) atoms. The highest BCUT2D eigenvalue weighted by atomic mass is 16.4. The smallest absolute Gasteiger partial charge is 0.194 e. The van der Waals surface area contributed by atoms with Gasteiger partial charge in [0.05, 0.1) is 6.20 Å². The van der Waals surface area contributed by atoms with Gasteiger partial charge in [-0.2, -0.15) is 0 Å². The molecule has 0 radical (unpaired) electrons. The standard InChI is InChI=1S/C16H28N2O/c1-13(2)17-11-7-8-15-18-12-14(19-15)16(3)9-5-4-6-10-16/h12-13,17H,4-11H2,1-3H3. The zero-order chi connectivity index (χ0) is 13.7. The fraction of sp³-hybridized carbons (Fsp3) is 0.812. The fourth-order valence-corrected chi connectivity index (χ4v) is 2.91. The summed E-state index contributed by atoms with van der Waals surface area (Å²) in [6.45, 7) is 7.71. The minimum absolute atomic E-state index is 0.236. The molecular formula is C16H28N2O. The van der Waals surface area contributed by atoms with Crippen LogP contribution in [0.25, 0.3) is 0 Å². The van der Waals surface area contributed by atoms with Crippen LogP contribution >= 0.6 is 0 Å². The molecule has 0 bridgehead atoms. The van der Waals surface area contributed by atoms with Crippen LogP contribution in [0.4, 0.5) is 0 Å². The SMILES string of the molecule is CC(C)NCCCc1ncc(C2(C)CCCCC2)o1. The number of aryl methyl sites for hydroxylation is 1. The lowest BCUT2D eigenvalue weighted by Crippen LogP contribution is -2.24. The molecule has 3 heteroatoms. The Balaban J connectivity index is 1.84. The molecule has 0 amide bonds. The largest absolute Gasteiger partial charge is 0.445 e. The van der Waals surface area contributed by atoms with Crippen LogP contribution in [-0.4, -0.2) is 17.6 Å². The number of hydrogen-bond donors (Lipinski definition) is 1. The molecule has 1 aliphatic carbocycles. The Morgan fingerprint density at radius 2 is 2.05 bits per heavy atom. The maximum atomic E-state index is 5.99. The van der Waals surface area contributed by atoms with Gasteiger partial charge < -0.3 is 9.73 Å². The van der Waals surface area contributed by atoms with E-state index in [1.165, 1.54) is 32.1 Å². The first-order valence-corrected chi connectivity index (χ1v) is 7.79. The first kappa shape index (κ1) is 14.6. The zero-order valence-electron chi connectivity index (χ0n) is 12.7. The molecule has 1 heterocycles. The summed E-state index contributed by atoms with van der Waals surface area (Å²) in [7, 11) is 0. The van der Waals surface area contributed by atoms with Crippen LogP contribution in [0.5, 0.6) is 0 Å². The number of aromatic nitrogens is 1. The van der Waals surface area contributed by atoms with Gasteiger partial charge in [0.25, 0.3) is 0 Å². The van der Waals surface area contributed by atoms with Crippen molar-refractivity contribution in [3.8, 4) is 0 Å². The number of hydrogen-bond acceptors (Lipinski definition) is 3. The topological polar surface area (TPSA) is 38.1 Å².